The first-order valence-electron chi connectivity index (χ1n) is 47.6. The van der Waals surface area contributed by atoms with E-state index in [-0.39, 0.29) is 5.41 Å². The first-order chi connectivity index (χ1) is 69.5. The Balaban J connectivity index is 0.556. The summed E-state index contributed by atoms with van der Waals surface area (Å²) in [6, 6.07) is 175. The molecule has 1 aliphatic carbocycles. The molecule has 1 aliphatic rings. The van der Waals surface area contributed by atoms with Crippen LogP contribution in [0.5, 0.6) is 0 Å². The van der Waals surface area contributed by atoms with Crippen molar-refractivity contribution in [2.45, 2.75) is 19.3 Å². The van der Waals surface area contributed by atoms with Crippen LogP contribution in [0.25, 0.3) is 247 Å². The highest BCUT2D eigenvalue weighted by molar-refractivity contribution is 5.90. The van der Waals surface area contributed by atoms with Gasteiger partial charge in [0.1, 0.15) is 0 Å². The summed E-state index contributed by atoms with van der Waals surface area (Å²) in [6.07, 6.45) is 0. The predicted octanol–water partition coefficient (Wildman–Crippen LogP) is 32.9. The van der Waals surface area contributed by atoms with Crippen LogP contribution in [0.2, 0.25) is 0 Å². The van der Waals surface area contributed by atoms with Crippen molar-refractivity contribution < 1.29 is 0 Å². The third-order valence-electron chi connectivity index (χ3n) is 26.8. The van der Waals surface area contributed by atoms with Crippen LogP contribution in [-0.4, -0.2) is 49.8 Å². The number of fused-ring (bicyclic) bond motifs is 3. The second-order valence-corrected chi connectivity index (χ2v) is 36.3. The fraction of sp³-hybridized carbons (Fsp3) is 0.0229. The predicted molar refractivity (Wildman–Crippen MR) is 576 cm³/mol. The van der Waals surface area contributed by atoms with Crippen molar-refractivity contribution in [1.29, 1.82) is 0 Å². The van der Waals surface area contributed by atoms with E-state index in [1.807, 2.05) is 48.5 Å². The van der Waals surface area contributed by atoms with Gasteiger partial charge in [-0.25, -0.2) is 49.8 Å². The smallest absolute Gasteiger partial charge is 0.164 e. The van der Waals surface area contributed by atoms with Crippen molar-refractivity contribution in [1.82, 2.24) is 49.8 Å². The molecule has 0 fully saturated rings. The molecule has 0 unspecified atom stereocenters. The van der Waals surface area contributed by atoms with Crippen LogP contribution in [-0.2, 0) is 5.41 Å². The van der Waals surface area contributed by atoms with Crippen molar-refractivity contribution in [2.24, 2.45) is 0 Å². The summed E-state index contributed by atoms with van der Waals surface area (Å²) in [4.78, 5) is 53.5. The van der Waals surface area contributed by atoms with Crippen LogP contribution in [0.15, 0.2) is 497 Å². The summed E-state index contributed by atoms with van der Waals surface area (Å²) in [5.74, 6) is 4.74. The third-order valence-corrected chi connectivity index (χ3v) is 26.8. The van der Waals surface area contributed by atoms with Crippen LogP contribution in [0.3, 0.4) is 0 Å². The molecule has 141 heavy (non-hydrogen) atoms. The van der Waals surface area contributed by atoms with E-state index < -0.39 is 0 Å². The molecular formula is C131H88N10. The molecule has 0 spiro atoms. The molecule has 0 atom stereocenters. The van der Waals surface area contributed by atoms with Crippen molar-refractivity contribution in [3.05, 3.63) is 509 Å². The van der Waals surface area contributed by atoms with Gasteiger partial charge in [0.15, 0.2) is 46.6 Å². The van der Waals surface area contributed by atoms with Crippen molar-refractivity contribution >= 4 is 0 Å². The second kappa shape index (κ2) is 37.2. The molecule has 662 valence electrons. The molecule has 4 heterocycles. The molecule has 0 aliphatic heterocycles. The summed E-state index contributed by atoms with van der Waals surface area (Å²) in [7, 11) is 0. The zero-order valence-electron chi connectivity index (χ0n) is 77.3. The minimum Gasteiger partial charge on any atom is -0.228 e. The molecule has 10 heteroatoms. The molecule has 4 aromatic heterocycles. The largest absolute Gasteiger partial charge is 0.228 e. The Bertz CT molecular complexity index is 8480. The fourth-order valence-electron chi connectivity index (χ4n) is 19.4. The SMILES string of the molecule is CC1(C)c2ccccc2-c2ccc(-c3nc(-c4ccccc4)nc(-c4cccc(-c5cccc(-c6cc(-c7cc(-c8ccccc8)cc(-c8ccccc8)c7)nc(-c7ccc(-c8ccc(-c9cc(-c%10ccccc%10)cc(-c%10cc(-c%11cccc(-c%12cccc(-c%13nc(-c%14cccc(-c%15ccccc%15)c%14)nc(-c%14cccc(-c%15ccccc%15)c%14)n%13)c%12)c%11)nc(-c%11ccccc%11)n%10)c9)cc8)cc7)n6)c5)c4)n3)cc21. The number of rotatable bonds is 21. The molecule has 0 saturated carbocycles. The van der Waals surface area contributed by atoms with Gasteiger partial charge in [0.2, 0.25) is 0 Å². The Morgan fingerprint density at radius 1 is 0.113 bits per heavy atom. The van der Waals surface area contributed by atoms with E-state index in [0.29, 0.717) is 46.6 Å². The molecule has 23 aromatic rings. The van der Waals surface area contributed by atoms with E-state index >= 15 is 0 Å². The van der Waals surface area contributed by atoms with E-state index in [0.717, 1.165) is 190 Å². The minimum absolute atomic E-state index is 0.200. The lowest BCUT2D eigenvalue weighted by Crippen LogP contribution is -2.15. The van der Waals surface area contributed by atoms with Crippen molar-refractivity contribution in [3.63, 3.8) is 0 Å². The Morgan fingerprint density at radius 3 is 0.631 bits per heavy atom. The maximum atomic E-state index is 5.55. The highest BCUT2D eigenvalue weighted by Gasteiger charge is 2.36. The van der Waals surface area contributed by atoms with Crippen LogP contribution >= 0.6 is 0 Å². The normalized spacial score (nSPS) is 11.8. The lowest BCUT2D eigenvalue weighted by molar-refractivity contribution is 0.660. The van der Waals surface area contributed by atoms with Gasteiger partial charge in [-0.05, 0) is 213 Å². The molecule has 19 aromatic carbocycles. The number of aromatic nitrogens is 10. The molecule has 0 N–H and O–H groups in total. The quantitative estimate of drug-likeness (QED) is 0.0686. The number of nitrogens with zero attached hydrogens (tertiary/aromatic N) is 10. The second-order valence-electron chi connectivity index (χ2n) is 36.3. The highest BCUT2D eigenvalue weighted by atomic mass is 15.0. The van der Waals surface area contributed by atoms with E-state index in [1.54, 1.807) is 0 Å². The van der Waals surface area contributed by atoms with Crippen LogP contribution in [0.1, 0.15) is 25.0 Å². The first kappa shape index (κ1) is 85.3. The van der Waals surface area contributed by atoms with Gasteiger partial charge in [-0.2, -0.15) is 0 Å². The van der Waals surface area contributed by atoms with Gasteiger partial charge >= 0.3 is 0 Å². The Hall–Kier alpha value is -18.6. The zero-order chi connectivity index (χ0) is 94.1. The summed E-state index contributed by atoms with van der Waals surface area (Å²) >= 11 is 0. The molecule has 0 bridgehead atoms. The molecule has 10 nitrogen and oxygen atoms in total. The number of hydrogen-bond donors (Lipinski definition) is 0. The average molecular weight is 1800 g/mol. The summed E-state index contributed by atoms with van der Waals surface area (Å²) in [6.45, 7) is 4.61. The highest BCUT2D eigenvalue weighted by Crippen LogP contribution is 2.51. The van der Waals surface area contributed by atoms with Crippen molar-refractivity contribution in [2.75, 3.05) is 0 Å². The van der Waals surface area contributed by atoms with Gasteiger partial charge in [0.05, 0.1) is 22.8 Å². The monoisotopic (exact) mass is 1800 g/mol. The van der Waals surface area contributed by atoms with Crippen molar-refractivity contribution in [3.8, 4) is 247 Å². The summed E-state index contributed by atoms with van der Waals surface area (Å²) in [5, 5.41) is 0. The van der Waals surface area contributed by atoms with Gasteiger partial charge in [-0.15, -0.1) is 0 Å². The van der Waals surface area contributed by atoms with Gasteiger partial charge < -0.3 is 0 Å². The van der Waals surface area contributed by atoms with Gasteiger partial charge in [-0.3, -0.25) is 0 Å². The Kier molecular flexibility index (Phi) is 22.5. The number of hydrogen-bond acceptors (Lipinski definition) is 10. The lowest BCUT2D eigenvalue weighted by atomic mass is 9.82. The van der Waals surface area contributed by atoms with Gasteiger partial charge in [-0.1, -0.05) is 420 Å². The van der Waals surface area contributed by atoms with Crippen LogP contribution in [0, 0.1) is 0 Å². The van der Waals surface area contributed by atoms with E-state index in [9.17, 15) is 0 Å². The standard InChI is InChI=1S/C131H88N10/c1-131(2)117-59-25-24-58-115(117)116-69-68-108(82-118(116)131)130-137-125(94-44-22-9-23-45-94)136-126(141-130)106-56-30-50-100(74-106)99-49-27-53-103(71-99)120-84-122(113-78-109(87-36-14-5-15-37-87)76-110(79-113)88-38-16-6-17-39-88)135-124(133-120)95-66-64-91(65-67-95)90-60-62-92(63-61-90)112-77-111(89-40-18-7-19-41-89)80-114(81-112)121-83-119(132-123(134-121)93-42-20-8-21-43-93)102-52-26-48-98(70-102)101-51-31-57-107(75-101)129-139-127(104-54-28-46-96(72-104)85-32-10-3-11-33-85)138-128(140-129)105-55-29-47-97(73-105)86-34-12-4-13-35-86/h3-84H,1-2H3. The average Bonchev–Trinajstić information content (AvgIpc) is 1.58. The number of benzene rings is 19. The van der Waals surface area contributed by atoms with Gasteiger partial charge in [0, 0.05) is 72.2 Å². The van der Waals surface area contributed by atoms with Crippen LogP contribution < -0.4 is 0 Å². The maximum absolute atomic E-state index is 5.55. The molecule has 0 amide bonds. The van der Waals surface area contributed by atoms with Gasteiger partial charge in [0.25, 0.3) is 0 Å². The third kappa shape index (κ3) is 17.6. The zero-order valence-corrected chi connectivity index (χ0v) is 77.3. The minimum atomic E-state index is -0.200. The summed E-state index contributed by atoms with van der Waals surface area (Å²) in [5.41, 5.74) is 38.1. The maximum Gasteiger partial charge on any atom is 0.164 e. The Morgan fingerprint density at radius 2 is 0.298 bits per heavy atom. The topological polar surface area (TPSA) is 129 Å². The molecular weight excluding hydrogens is 1710 g/mol. The molecule has 24 rings (SSSR count). The van der Waals surface area contributed by atoms with Crippen LogP contribution in [0.4, 0.5) is 0 Å². The van der Waals surface area contributed by atoms with E-state index in [4.69, 9.17) is 49.8 Å². The van der Waals surface area contributed by atoms with E-state index in [1.165, 1.54) is 22.3 Å². The Labute approximate surface area is 819 Å². The lowest BCUT2D eigenvalue weighted by Gasteiger charge is -2.21. The summed E-state index contributed by atoms with van der Waals surface area (Å²) < 4.78 is 0. The first-order valence-corrected chi connectivity index (χ1v) is 47.6. The van der Waals surface area contributed by atoms with E-state index in [2.05, 4.69) is 463 Å². The molecule has 0 radical (unpaired) electrons. The fourth-order valence-corrected chi connectivity index (χ4v) is 19.4. The molecule has 0 saturated heterocycles.